The van der Waals surface area contributed by atoms with Crippen LogP contribution in [0.2, 0.25) is 0 Å². The summed E-state index contributed by atoms with van der Waals surface area (Å²) in [5, 5.41) is 2.71. The van der Waals surface area contributed by atoms with Crippen molar-refractivity contribution in [2.45, 2.75) is 19.9 Å². The van der Waals surface area contributed by atoms with Crippen molar-refractivity contribution in [2.24, 2.45) is 11.7 Å². The van der Waals surface area contributed by atoms with E-state index in [0.717, 1.165) is 5.56 Å². The molecule has 0 spiro atoms. The fourth-order valence-electron chi connectivity index (χ4n) is 1.66. The van der Waals surface area contributed by atoms with E-state index in [1.807, 2.05) is 44.2 Å². The highest BCUT2D eigenvalue weighted by Gasteiger charge is 2.17. The Balaban J connectivity index is 2.08. The second kappa shape index (κ2) is 6.25. The maximum absolute atomic E-state index is 11.8. The molecule has 2 aromatic rings. The molecule has 0 saturated heterocycles. The van der Waals surface area contributed by atoms with E-state index in [9.17, 15) is 4.79 Å². The Morgan fingerprint density at radius 3 is 2.30 bits per heavy atom. The van der Waals surface area contributed by atoms with Crippen molar-refractivity contribution >= 4 is 11.6 Å². The molecule has 0 aliphatic rings. The normalized spacial score (nSPS) is 12.2. The lowest BCUT2D eigenvalue weighted by molar-refractivity contribution is -0.118. The van der Waals surface area contributed by atoms with E-state index in [1.54, 1.807) is 12.4 Å². The summed E-state index contributed by atoms with van der Waals surface area (Å²) in [6, 6.07) is 9.12. The topological polar surface area (TPSA) is 80.9 Å². The molecular formula is C15H18N4O. The Hall–Kier alpha value is -2.27. The van der Waals surface area contributed by atoms with Gasteiger partial charge in [0.2, 0.25) is 5.91 Å². The van der Waals surface area contributed by atoms with Crippen LogP contribution in [-0.4, -0.2) is 21.9 Å². The van der Waals surface area contributed by atoms with Crippen molar-refractivity contribution < 1.29 is 4.79 Å². The largest absolute Gasteiger partial charge is 0.322 e. The Kier molecular flexibility index (Phi) is 4.42. The fraction of sp³-hybridized carbons (Fsp3) is 0.267. The third-order valence-electron chi connectivity index (χ3n) is 2.97. The van der Waals surface area contributed by atoms with Gasteiger partial charge in [-0.25, -0.2) is 9.97 Å². The van der Waals surface area contributed by atoms with E-state index < -0.39 is 6.04 Å². The van der Waals surface area contributed by atoms with Crippen LogP contribution in [0.15, 0.2) is 42.7 Å². The molecule has 3 N–H and O–H groups in total. The highest BCUT2D eigenvalue weighted by molar-refractivity contribution is 5.94. The number of nitrogens with two attached hydrogens (primary N) is 1. The molecule has 1 aromatic heterocycles. The van der Waals surface area contributed by atoms with E-state index in [2.05, 4.69) is 15.3 Å². The fourth-order valence-corrected chi connectivity index (χ4v) is 1.66. The lowest BCUT2D eigenvalue weighted by Gasteiger charge is -2.15. The summed E-state index contributed by atoms with van der Waals surface area (Å²) in [6.45, 7) is 3.80. The average Bonchev–Trinajstić information content (AvgIpc) is 2.48. The number of nitrogens with one attached hydrogen (secondary N) is 1. The van der Waals surface area contributed by atoms with Crippen LogP contribution in [0.4, 0.5) is 5.69 Å². The van der Waals surface area contributed by atoms with Crippen LogP contribution >= 0.6 is 0 Å². The van der Waals surface area contributed by atoms with Gasteiger partial charge in [0.05, 0.1) is 24.1 Å². The number of nitrogens with zero attached hydrogens (tertiary/aromatic N) is 2. The zero-order valence-corrected chi connectivity index (χ0v) is 11.6. The molecule has 1 aromatic carbocycles. The monoisotopic (exact) mass is 270 g/mol. The second-order valence-corrected chi connectivity index (χ2v) is 4.92. The molecule has 0 aliphatic carbocycles. The molecular weight excluding hydrogens is 252 g/mol. The van der Waals surface area contributed by atoms with Crippen molar-refractivity contribution in [1.29, 1.82) is 0 Å². The third-order valence-corrected chi connectivity index (χ3v) is 2.97. The van der Waals surface area contributed by atoms with Gasteiger partial charge in [-0.2, -0.15) is 0 Å². The number of anilines is 1. The average molecular weight is 270 g/mol. The number of benzene rings is 1. The Bertz CT molecular complexity index is 566. The molecule has 0 saturated carbocycles. The molecule has 20 heavy (non-hydrogen) atoms. The van der Waals surface area contributed by atoms with Crippen LogP contribution in [0.1, 0.15) is 13.8 Å². The summed E-state index contributed by atoms with van der Waals surface area (Å²) >= 11 is 0. The van der Waals surface area contributed by atoms with E-state index in [4.69, 9.17) is 5.73 Å². The second-order valence-electron chi connectivity index (χ2n) is 4.92. The van der Waals surface area contributed by atoms with Gasteiger partial charge in [0.25, 0.3) is 0 Å². The lowest BCUT2D eigenvalue weighted by Crippen LogP contribution is -2.39. The van der Waals surface area contributed by atoms with Crippen LogP contribution in [-0.2, 0) is 4.79 Å². The first-order chi connectivity index (χ1) is 9.58. The molecule has 0 radical (unpaired) electrons. The van der Waals surface area contributed by atoms with Gasteiger partial charge in [-0.05, 0) is 5.92 Å². The molecule has 104 valence electrons. The standard InChI is InChI=1S/C15H18N4O/c1-10(2)13(16)15(20)19-12-8-17-14(18-9-12)11-6-4-3-5-7-11/h3-10,13H,16H2,1-2H3,(H,19,20)/t13-/m1/s1. The molecule has 0 fully saturated rings. The van der Waals surface area contributed by atoms with Crippen LogP contribution in [0.5, 0.6) is 0 Å². The van der Waals surface area contributed by atoms with Crippen LogP contribution in [0.3, 0.4) is 0 Å². The smallest absolute Gasteiger partial charge is 0.241 e. The van der Waals surface area contributed by atoms with Gasteiger partial charge in [0.1, 0.15) is 0 Å². The van der Waals surface area contributed by atoms with Gasteiger partial charge in [-0.15, -0.1) is 0 Å². The number of rotatable bonds is 4. The van der Waals surface area contributed by atoms with Crippen LogP contribution < -0.4 is 11.1 Å². The first-order valence-electron chi connectivity index (χ1n) is 6.52. The molecule has 0 bridgehead atoms. The van der Waals surface area contributed by atoms with Crippen molar-refractivity contribution in [2.75, 3.05) is 5.32 Å². The predicted octanol–water partition coefficient (Wildman–Crippen LogP) is 2.07. The van der Waals surface area contributed by atoms with Crippen LogP contribution in [0, 0.1) is 5.92 Å². The van der Waals surface area contributed by atoms with Gasteiger partial charge in [0, 0.05) is 5.56 Å². The molecule has 0 aliphatic heterocycles. The molecule has 5 nitrogen and oxygen atoms in total. The van der Waals surface area contributed by atoms with Crippen molar-refractivity contribution in [3.63, 3.8) is 0 Å². The van der Waals surface area contributed by atoms with Crippen LogP contribution in [0.25, 0.3) is 11.4 Å². The number of hydrogen-bond acceptors (Lipinski definition) is 4. The quantitative estimate of drug-likeness (QED) is 0.891. The van der Waals surface area contributed by atoms with Crippen molar-refractivity contribution in [3.8, 4) is 11.4 Å². The van der Waals surface area contributed by atoms with Gasteiger partial charge in [-0.3, -0.25) is 4.79 Å². The minimum absolute atomic E-state index is 0.0829. The number of amides is 1. The summed E-state index contributed by atoms with van der Waals surface area (Å²) in [4.78, 5) is 20.3. The maximum Gasteiger partial charge on any atom is 0.241 e. The highest BCUT2D eigenvalue weighted by atomic mass is 16.2. The predicted molar refractivity (Wildman–Crippen MR) is 78.9 cm³/mol. The molecule has 1 heterocycles. The first-order valence-corrected chi connectivity index (χ1v) is 6.52. The summed E-state index contributed by atoms with van der Waals surface area (Å²) in [5.74, 6) is 0.479. The summed E-state index contributed by atoms with van der Waals surface area (Å²) < 4.78 is 0. The number of hydrogen-bond donors (Lipinski definition) is 2. The Morgan fingerprint density at radius 2 is 1.75 bits per heavy atom. The first kappa shape index (κ1) is 14.1. The summed E-state index contributed by atoms with van der Waals surface area (Å²) in [6.07, 6.45) is 3.17. The van der Waals surface area contributed by atoms with E-state index in [1.165, 1.54) is 0 Å². The van der Waals surface area contributed by atoms with E-state index >= 15 is 0 Å². The van der Waals surface area contributed by atoms with Gasteiger partial charge in [-0.1, -0.05) is 44.2 Å². The van der Waals surface area contributed by atoms with Gasteiger partial charge >= 0.3 is 0 Å². The summed E-state index contributed by atoms with van der Waals surface area (Å²) in [7, 11) is 0. The number of carbonyl (C=O) groups is 1. The summed E-state index contributed by atoms with van der Waals surface area (Å²) in [5.41, 5.74) is 7.26. The Labute approximate surface area is 118 Å². The van der Waals surface area contributed by atoms with Crippen molar-refractivity contribution in [1.82, 2.24) is 9.97 Å². The van der Waals surface area contributed by atoms with E-state index in [-0.39, 0.29) is 11.8 Å². The number of aromatic nitrogens is 2. The Morgan fingerprint density at radius 1 is 1.15 bits per heavy atom. The zero-order valence-electron chi connectivity index (χ0n) is 11.6. The molecule has 1 atom stereocenters. The number of carbonyl (C=O) groups excluding carboxylic acids is 1. The highest BCUT2D eigenvalue weighted by Crippen LogP contribution is 2.15. The molecule has 0 unspecified atom stereocenters. The minimum Gasteiger partial charge on any atom is -0.322 e. The lowest BCUT2D eigenvalue weighted by atomic mass is 10.1. The SMILES string of the molecule is CC(C)[C@@H](N)C(=O)Nc1cnc(-c2ccccc2)nc1. The van der Waals surface area contributed by atoms with E-state index in [0.29, 0.717) is 11.5 Å². The van der Waals surface area contributed by atoms with Gasteiger partial charge in [0.15, 0.2) is 5.82 Å². The maximum atomic E-state index is 11.8. The molecule has 5 heteroatoms. The zero-order chi connectivity index (χ0) is 14.5. The minimum atomic E-state index is -0.538. The third kappa shape index (κ3) is 3.39. The van der Waals surface area contributed by atoms with Gasteiger partial charge < -0.3 is 11.1 Å². The molecule has 1 amide bonds. The van der Waals surface area contributed by atoms with Crippen molar-refractivity contribution in [3.05, 3.63) is 42.7 Å². The molecule has 2 rings (SSSR count).